The summed E-state index contributed by atoms with van der Waals surface area (Å²) < 4.78 is 0. The minimum Gasteiger partial charge on any atom is -0.393 e. The molecule has 1 saturated heterocycles. The Morgan fingerprint density at radius 1 is 1.13 bits per heavy atom. The summed E-state index contributed by atoms with van der Waals surface area (Å²) >= 11 is 1.51. The van der Waals surface area contributed by atoms with E-state index in [-0.39, 0.29) is 12.1 Å². The van der Waals surface area contributed by atoms with Gasteiger partial charge in [0, 0.05) is 51.0 Å². The molecule has 0 amide bonds. The van der Waals surface area contributed by atoms with Gasteiger partial charge in [-0.15, -0.1) is 0 Å². The van der Waals surface area contributed by atoms with Gasteiger partial charge in [0.05, 0.1) is 11.8 Å². The zero-order valence-electron chi connectivity index (χ0n) is 17.4. The lowest BCUT2D eigenvalue weighted by Crippen LogP contribution is -2.43. The number of anilines is 3. The molecule has 2 aliphatic rings. The lowest BCUT2D eigenvalue weighted by molar-refractivity contribution is 0.126. The summed E-state index contributed by atoms with van der Waals surface area (Å²) in [6.07, 6.45) is 5.11. The quantitative estimate of drug-likeness (QED) is 0.459. The largest absolute Gasteiger partial charge is 0.393 e. The van der Waals surface area contributed by atoms with Gasteiger partial charge in [0.15, 0.2) is 5.13 Å². The van der Waals surface area contributed by atoms with E-state index in [1.165, 1.54) is 11.3 Å². The summed E-state index contributed by atoms with van der Waals surface area (Å²) in [5.74, 6) is 1.37. The van der Waals surface area contributed by atoms with Gasteiger partial charge in [-0.25, -0.2) is 15.0 Å². The van der Waals surface area contributed by atoms with Gasteiger partial charge in [-0.3, -0.25) is 4.90 Å². The van der Waals surface area contributed by atoms with E-state index in [0.29, 0.717) is 5.95 Å². The van der Waals surface area contributed by atoms with Crippen molar-refractivity contribution < 1.29 is 5.11 Å². The fraction of sp³-hybridized carbons (Fsp3) is 0.524. The van der Waals surface area contributed by atoms with Crippen LogP contribution < -0.4 is 16.0 Å². The van der Waals surface area contributed by atoms with Crippen LogP contribution in [-0.4, -0.2) is 68.3 Å². The van der Waals surface area contributed by atoms with E-state index < -0.39 is 0 Å². The fourth-order valence-electron chi connectivity index (χ4n) is 4.14. The minimum absolute atomic E-state index is 0.178. The number of aliphatic hydroxyl groups is 1. The average Bonchev–Trinajstić information content (AvgIpc) is 3.18. The Hall–Kier alpha value is -2.40. The Bertz CT molecular complexity index is 981. The molecule has 1 aliphatic carbocycles. The molecule has 4 N–H and O–H groups in total. The van der Waals surface area contributed by atoms with Crippen molar-refractivity contribution in [3.05, 3.63) is 30.1 Å². The van der Waals surface area contributed by atoms with Crippen LogP contribution in [-0.2, 0) is 6.54 Å². The molecule has 2 fully saturated rings. The van der Waals surface area contributed by atoms with E-state index in [2.05, 4.69) is 30.8 Å². The number of thiazole rings is 1. The van der Waals surface area contributed by atoms with Gasteiger partial charge >= 0.3 is 0 Å². The van der Waals surface area contributed by atoms with Crippen LogP contribution in [0.25, 0.3) is 10.3 Å². The molecule has 0 bridgehead atoms. The van der Waals surface area contributed by atoms with Crippen LogP contribution in [0.3, 0.4) is 0 Å². The molecule has 0 radical (unpaired) electrons. The Labute approximate surface area is 185 Å². The van der Waals surface area contributed by atoms with Crippen molar-refractivity contribution >= 4 is 38.6 Å². The normalized spacial score (nSPS) is 22.5. The maximum absolute atomic E-state index is 9.80. The van der Waals surface area contributed by atoms with Gasteiger partial charge in [0.25, 0.3) is 0 Å². The van der Waals surface area contributed by atoms with Crippen LogP contribution in [0.2, 0.25) is 0 Å². The maximum Gasteiger partial charge on any atom is 0.225 e. The fourth-order valence-corrected chi connectivity index (χ4v) is 4.96. The van der Waals surface area contributed by atoms with Crippen molar-refractivity contribution in [2.24, 2.45) is 0 Å². The molecule has 1 saturated carbocycles. The first kappa shape index (κ1) is 20.5. The summed E-state index contributed by atoms with van der Waals surface area (Å²) in [6, 6.07) is 6.16. The summed E-state index contributed by atoms with van der Waals surface area (Å²) in [4.78, 5) is 21.8. The summed E-state index contributed by atoms with van der Waals surface area (Å²) in [7, 11) is 0. The molecule has 5 rings (SSSR count). The highest BCUT2D eigenvalue weighted by molar-refractivity contribution is 7.21. The van der Waals surface area contributed by atoms with Gasteiger partial charge in [-0.1, -0.05) is 11.3 Å². The van der Waals surface area contributed by atoms with E-state index in [1.54, 1.807) is 6.20 Å². The van der Waals surface area contributed by atoms with E-state index in [9.17, 15) is 5.11 Å². The van der Waals surface area contributed by atoms with E-state index in [4.69, 9.17) is 9.97 Å². The standard InChI is InChI=1S/C21H28N8OS/c30-16-5-3-14(4-6-16)24-20-25-15(13-29-10-8-22-9-11-29)12-18(27-20)28-21-26-17-2-1-7-23-19(17)31-21/h1-2,7,12,14,16,22,30H,3-6,8-11,13H2,(H2,24,25,26,27,28)/t14-,16-. The maximum atomic E-state index is 9.80. The molecular weight excluding hydrogens is 412 g/mol. The monoisotopic (exact) mass is 440 g/mol. The molecule has 9 nitrogen and oxygen atoms in total. The first-order valence-corrected chi connectivity index (χ1v) is 11.8. The van der Waals surface area contributed by atoms with Crippen LogP contribution in [0, 0.1) is 0 Å². The van der Waals surface area contributed by atoms with Crippen molar-refractivity contribution in [1.82, 2.24) is 30.2 Å². The molecule has 164 valence electrons. The van der Waals surface area contributed by atoms with Crippen LogP contribution in [0.15, 0.2) is 24.4 Å². The Morgan fingerprint density at radius 2 is 1.97 bits per heavy atom. The molecule has 1 aliphatic heterocycles. The Morgan fingerprint density at radius 3 is 2.77 bits per heavy atom. The van der Waals surface area contributed by atoms with Crippen molar-refractivity contribution in [3.8, 4) is 0 Å². The van der Waals surface area contributed by atoms with Gasteiger partial charge < -0.3 is 21.1 Å². The number of aliphatic hydroxyl groups excluding tert-OH is 1. The highest BCUT2D eigenvalue weighted by Gasteiger charge is 2.21. The molecule has 0 atom stereocenters. The van der Waals surface area contributed by atoms with Gasteiger partial charge in [-0.2, -0.15) is 4.98 Å². The van der Waals surface area contributed by atoms with Crippen LogP contribution >= 0.6 is 11.3 Å². The van der Waals surface area contributed by atoms with Crippen molar-refractivity contribution in [3.63, 3.8) is 0 Å². The van der Waals surface area contributed by atoms with E-state index >= 15 is 0 Å². The number of pyridine rings is 1. The number of hydrogen-bond donors (Lipinski definition) is 4. The topological polar surface area (TPSA) is 111 Å². The third kappa shape index (κ3) is 5.27. The first-order valence-electron chi connectivity index (χ1n) is 11.0. The number of rotatable bonds is 6. The lowest BCUT2D eigenvalue weighted by Gasteiger charge is -2.28. The number of nitrogens with one attached hydrogen (secondary N) is 3. The number of aromatic nitrogens is 4. The summed E-state index contributed by atoms with van der Waals surface area (Å²) in [6.45, 7) is 4.83. The molecule has 31 heavy (non-hydrogen) atoms. The third-order valence-corrected chi connectivity index (χ3v) is 6.70. The molecule has 0 unspecified atom stereocenters. The number of piperazine rings is 1. The zero-order valence-corrected chi connectivity index (χ0v) is 18.2. The van der Waals surface area contributed by atoms with Gasteiger partial charge in [0.2, 0.25) is 5.95 Å². The smallest absolute Gasteiger partial charge is 0.225 e. The highest BCUT2D eigenvalue weighted by atomic mass is 32.1. The predicted molar refractivity (Wildman–Crippen MR) is 123 cm³/mol. The first-order chi connectivity index (χ1) is 15.2. The third-order valence-electron chi connectivity index (χ3n) is 5.81. The summed E-state index contributed by atoms with van der Waals surface area (Å²) in [5, 5.41) is 20.8. The number of hydrogen-bond acceptors (Lipinski definition) is 10. The van der Waals surface area contributed by atoms with Crippen molar-refractivity contribution in [2.75, 3.05) is 36.8 Å². The minimum atomic E-state index is -0.178. The predicted octanol–water partition coefficient (Wildman–Crippen LogP) is 2.35. The Balaban J connectivity index is 1.37. The second-order valence-corrected chi connectivity index (χ2v) is 9.19. The molecule has 3 aromatic rings. The van der Waals surface area contributed by atoms with Gasteiger partial charge in [0.1, 0.15) is 16.2 Å². The lowest BCUT2D eigenvalue weighted by atomic mass is 9.93. The zero-order chi connectivity index (χ0) is 21.0. The number of nitrogens with zero attached hydrogens (tertiary/aromatic N) is 5. The average molecular weight is 441 g/mol. The van der Waals surface area contributed by atoms with Crippen LogP contribution in [0.4, 0.5) is 16.9 Å². The number of fused-ring (bicyclic) bond motifs is 1. The van der Waals surface area contributed by atoms with Crippen LogP contribution in [0.1, 0.15) is 31.4 Å². The molecule has 0 spiro atoms. The van der Waals surface area contributed by atoms with E-state index in [1.807, 2.05) is 18.2 Å². The molecule has 10 heteroatoms. The van der Waals surface area contributed by atoms with Crippen LogP contribution in [0.5, 0.6) is 0 Å². The Kier molecular flexibility index (Phi) is 6.21. The van der Waals surface area contributed by atoms with E-state index in [0.717, 1.165) is 85.4 Å². The molecule has 0 aromatic carbocycles. The summed E-state index contributed by atoms with van der Waals surface area (Å²) in [5.41, 5.74) is 1.86. The second-order valence-electron chi connectivity index (χ2n) is 8.22. The molecular formula is C21H28N8OS. The van der Waals surface area contributed by atoms with Gasteiger partial charge in [-0.05, 0) is 37.8 Å². The molecule has 3 aromatic heterocycles. The second kappa shape index (κ2) is 9.39. The molecule has 4 heterocycles. The SMILES string of the molecule is O[C@H]1CC[C@H](Nc2nc(CN3CCNCC3)cc(Nc3nc4cccnc4s3)n2)CC1. The highest BCUT2D eigenvalue weighted by Crippen LogP contribution is 2.27. The van der Waals surface area contributed by atoms with Crippen molar-refractivity contribution in [1.29, 1.82) is 0 Å². The van der Waals surface area contributed by atoms with Crippen molar-refractivity contribution in [2.45, 2.75) is 44.4 Å².